The van der Waals surface area contributed by atoms with Gasteiger partial charge in [0.2, 0.25) is 0 Å². The van der Waals surface area contributed by atoms with E-state index in [4.69, 9.17) is 32.7 Å². The fourth-order valence-electron chi connectivity index (χ4n) is 1.12. The van der Waals surface area contributed by atoms with Crippen LogP contribution in [-0.2, 0) is 14.3 Å². The first-order valence-electron chi connectivity index (χ1n) is 4.57. The van der Waals surface area contributed by atoms with Gasteiger partial charge in [0.25, 0.3) is 0 Å². The second-order valence-corrected chi connectivity index (χ2v) is 5.03. The SMILES string of the molecule is CCOCCOC(=O)C1(C)CC1(Cl)Cl. The molecule has 1 unspecified atom stereocenters. The third kappa shape index (κ3) is 2.33. The molecule has 14 heavy (non-hydrogen) atoms. The quantitative estimate of drug-likeness (QED) is 0.420. The number of ether oxygens (including phenoxy) is 2. The highest BCUT2D eigenvalue weighted by molar-refractivity contribution is 6.53. The number of carbonyl (C=O) groups is 1. The number of hydrogen-bond donors (Lipinski definition) is 0. The first kappa shape index (κ1) is 12.1. The van der Waals surface area contributed by atoms with E-state index >= 15 is 0 Å². The van der Waals surface area contributed by atoms with E-state index in [1.54, 1.807) is 6.92 Å². The van der Waals surface area contributed by atoms with Gasteiger partial charge in [-0.2, -0.15) is 0 Å². The molecule has 0 aromatic heterocycles. The van der Waals surface area contributed by atoms with E-state index in [0.717, 1.165) is 0 Å². The van der Waals surface area contributed by atoms with E-state index in [0.29, 0.717) is 19.6 Å². The van der Waals surface area contributed by atoms with Crippen molar-refractivity contribution in [1.29, 1.82) is 0 Å². The van der Waals surface area contributed by atoms with Gasteiger partial charge in [-0.25, -0.2) is 0 Å². The maximum absolute atomic E-state index is 11.5. The Kier molecular flexibility index (Phi) is 3.67. The summed E-state index contributed by atoms with van der Waals surface area (Å²) in [7, 11) is 0. The molecule has 1 aliphatic carbocycles. The van der Waals surface area contributed by atoms with Gasteiger partial charge in [0.05, 0.1) is 6.61 Å². The van der Waals surface area contributed by atoms with Crippen LogP contribution in [0.5, 0.6) is 0 Å². The van der Waals surface area contributed by atoms with Crippen LogP contribution in [0.1, 0.15) is 20.3 Å². The molecular weight excluding hydrogens is 227 g/mol. The van der Waals surface area contributed by atoms with Crippen LogP contribution >= 0.6 is 23.2 Å². The van der Waals surface area contributed by atoms with Crippen LogP contribution in [0.25, 0.3) is 0 Å². The average molecular weight is 241 g/mol. The molecule has 0 aromatic carbocycles. The van der Waals surface area contributed by atoms with Crippen LogP contribution in [0.3, 0.4) is 0 Å². The van der Waals surface area contributed by atoms with Crippen molar-refractivity contribution in [2.45, 2.75) is 24.6 Å². The van der Waals surface area contributed by atoms with Crippen molar-refractivity contribution in [2.24, 2.45) is 5.41 Å². The lowest BCUT2D eigenvalue weighted by atomic mass is 10.1. The molecule has 0 heterocycles. The molecular formula is C9H14Cl2O3. The van der Waals surface area contributed by atoms with Crippen molar-refractivity contribution >= 4 is 29.2 Å². The van der Waals surface area contributed by atoms with Crippen molar-refractivity contribution in [3.63, 3.8) is 0 Å². The minimum atomic E-state index is -0.949. The normalized spacial score (nSPS) is 28.6. The number of hydrogen-bond acceptors (Lipinski definition) is 3. The smallest absolute Gasteiger partial charge is 0.315 e. The predicted octanol–water partition coefficient (Wildman–Crippen LogP) is 2.15. The van der Waals surface area contributed by atoms with Crippen LogP contribution < -0.4 is 0 Å². The lowest BCUT2D eigenvalue weighted by molar-refractivity contribution is -0.151. The second kappa shape index (κ2) is 4.25. The lowest BCUT2D eigenvalue weighted by Crippen LogP contribution is -2.22. The number of halogens is 2. The monoisotopic (exact) mass is 240 g/mol. The van der Waals surface area contributed by atoms with E-state index in [9.17, 15) is 4.79 Å². The Morgan fingerprint density at radius 1 is 1.43 bits per heavy atom. The Labute approximate surface area is 93.6 Å². The molecule has 5 heteroatoms. The molecule has 0 saturated heterocycles. The Morgan fingerprint density at radius 3 is 2.43 bits per heavy atom. The highest BCUT2D eigenvalue weighted by Crippen LogP contribution is 2.64. The van der Waals surface area contributed by atoms with E-state index in [1.165, 1.54) is 0 Å². The summed E-state index contributed by atoms with van der Waals surface area (Å²) in [5.74, 6) is -0.345. The topological polar surface area (TPSA) is 35.5 Å². The molecule has 3 nitrogen and oxygen atoms in total. The van der Waals surface area contributed by atoms with Gasteiger partial charge >= 0.3 is 5.97 Å². The number of esters is 1. The maximum Gasteiger partial charge on any atom is 0.315 e. The third-order valence-corrected chi connectivity index (χ3v) is 3.47. The standard InChI is InChI=1S/C9H14Cl2O3/c1-3-13-4-5-14-7(12)8(2)6-9(8,10)11/h3-6H2,1-2H3. The molecule has 82 valence electrons. The van der Waals surface area contributed by atoms with Crippen LogP contribution in [0.15, 0.2) is 0 Å². The second-order valence-electron chi connectivity index (χ2n) is 3.55. The zero-order chi connectivity index (χ0) is 10.8. The van der Waals surface area contributed by atoms with Crippen molar-refractivity contribution < 1.29 is 14.3 Å². The Morgan fingerprint density at radius 2 is 2.00 bits per heavy atom. The summed E-state index contributed by atoms with van der Waals surface area (Å²) in [6.45, 7) is 4.87. The highest BCUT2D eigenvalue weighted by Gasteiger charge is 2.69. The first-order chi connectivity index (χ1) is 6.44. The fourth-order valence-corrected chi connectivity index (χ4v) is 1.81. The Balaban J connectivity index is 2.24. The van der Waals surface area contributed by atoms with Gasteiger partial charge < -0.3 is 9.47 Å². The van der Waals surface area contributed by atoms with E-state index < -0.39 is 9.75 Å². The highest BCUT2D eigenvalue weighted by atomic mass is 35.5. The summed E-state index contributed by atoms with van der Waals surface area (Å²) in [5, 5.41) is 0. The van der Waals surface area contributed by atoms with Gasteiger partial charge in [0.1, 0.15) is 16.4 Å². The minimum absolute atomic E-state index is 0.256. The van der Waals surface area contributed by atoms with Crippen LogP contribution in [0.2, 0.25) is 0 Å². The summed E-state index contributed by atoms with van der Waals surface area (Å²) in [4.78, 5) is 11.5. The van der Waals surface area contributed by atoms with Gasteiger partial charge in [0.15, 0.2) is 0 Å². The van der Waals surface area contributed by atoms with Crippen LogP contribution in [0, 0.1) is 5.41 Å². The number of alkyl halides is 2. The summed E-state index contributed by atoms with van der Waals surface area (Å²) < 4.78 is 9.05. The number of carbonyl (C=O) groups excluding carboxylic acids is 1. The van der Waals surface area contributed by atoms with Gasteiger partial charge in [-0.3, -0.25) is 4.79 Å². The molecule has 0 N–H and O–H groups in total. The first-order valence-corrected chi connectivity index (χ1v) is 5.32. The zero-order valence-electron chi connectivity index (χ0n) is 8.31. The van der Waals surface area contributed by atoms with E-state index in [1.807, 2.05) is 6.92 Å². The number of rotatable bonds is 5. The summed E-state index contributed by atoms with van der Waals surface area (Å²) in [5.41, 5.74) is -0.734. The van der Waals surface area contributed by atoms with Crippen molar-refractivity contribution in [2.75, 3.05) is 19.8 Å². The van der Waals surface area contributed by atoms with Crippen molar-refractivity contribution in [3.8, 4) is 0 Å². The maximum atomic E-state index is 11.5. The fraction of sp³-hybridized carbons (Fsp3) is 0.889. The molecule has 0 aromatic rings. The van der Waals surface area contributed by atoms with Crippen molar-refractivity contribution in [3.05, 3.63) is 0 Å². The van der Waals surface area contributed by atoms with Gasteiger partial charge in [-0.15, -0.1) is 23.2 Å². The average Bonchev–Trinajstić information content (AvgIpc) is 2.61. The summed E-state index contributed by atoms with van der Waals surface area (Å²) >= 11 is 11.6. The molecule has 0 aliphatic heterocycles. The predicted molar refractivity (Wildman–Crippen MR) is 54.6 cm³/mol. The van der Waals surface area contributed by atoms with Crippen molar-refractivity contribution in [1.82, 2.24) is 0 Å². The van der Waals surface area contributed by atoms with E-state index in [-0.39, 0.29) is 12.6 Å². The van der Waals surface area contributed by atoms with Crippen LogP contribution in [0.4, 0.5) is 0 Å². The largest absolute Gasteiger partial charge is 0.463 e. The zero-order valence-corrected chi connectivity index (χ0v) is 9.82. The van der Waals surface area contributed by atoms with Gasteiger partial charge in [-0.1, -0.05) is 0 Å². The molecule has 1 atom stereocenters. The minimum Gasteiger partial charge on any atom is -0.463 e. The third-order valence-electron chi connectivity index (χ3n) is 2.37. The Hall–Kier alpha value is 0.01000. The lowest BCUT2D eigenvalue weighted by Gasteiger charge is -2.11. The van der Waals surface area contributed by atoms with Crippen LogP contribution in [-0.4, -0.2) is 30.1 Å². The summed E-state index contributed by atoms with van der Waals surface area (Å²) in [6, 6.07) is 0. The Bertz CT molecular complexity index is 230. The molecule has 1 fully saturated rings. The van der Waals surface area contributed by atoms with Gasteiger partial charge in [-0.05, 0) is 13.8 Å². The molecule has 0 spiro atoms. The molecule has 0 bridgehead atoms. The summed E-state index contributed by atoms with van der Waals surface area (Å²) in [6.07, 6.45) is 0.455. The molecule has 1 aliphatic rings. The van der Waals surface area contributed by atoms with E-state index in [2.05, 4.69) is 0 Å². The molecule has 0 radical (unpaired) electrons. The van der Waals surface area contributed by atoms with Gasteiger partial charge in [0, 0.05) is 13.0 Å². The molecule has 1 saturated carbocycles. The molecule has 0 amide bonds. The molecule has 1 rings (SSSR count).